The van der Waals surface area contributed by atoms with Crippen molar-refractivity contribution in [2.45, 2.75) is 33.2 Å². The van der Waals surface area contributed by atoms with Crippen molar-refractivity contribution in [2.75, 3.05) is 6.61 Å². The summed E-state index contributed by atoms with van der Waals surface area (Å²) in [6.07, 6.45) is 5.21. The van der Waals surface area contributed by atoms with Crippen LogP contribution in [0.3, 0.4) is 0 Å². The Labute approximate surface area is 141 Å². The van der Waals surface area contributed by atoms with Crippen molar-refractivity contribution < 1.29 is 9.84 Å². The molecule has 6 nitrogen and oxygen atoms in total. The van der Waals surface area contributed by atoms with E-state index in [4.69, 9.17) is 4.74 Å². The molecule has 24 heavy (non-hydrogen) atoms. The molecule has 1 N–H and O–H groups in total. The average Bonchev–Trinajstić information content (AvgIpc) is 3.24. The van der Waals surface area contributed by atoms with E-state index < -0.39 is 0 Å². The summed E-state index contributed by atoms with van der Waals surface area (Å²) in [6.45, 7) is 4.66. The molecule has 126 valence electrons. The Kier molecular flexibility index (Phi) is 4.96. The van der Waals surface area contributed by atoms with E-state index in [0.717, 1.165) is 41.4 Å². The van der Waals surface area contributed by atoms with Gasteiger partial charge in [0.25, 0.3) is 0 Å². The van der Waals surface area contributed by atoms with Crippen molar-refractivity contribution in [1.82, 2.24) is 19.6 Å². The highest BCUT2D eigenvalue weighted by Crippen LogP contribution is 2.31. The molecule has 3 aromatic rings. The average molecular weight is 326 g/mol. The summed E-state index contributed by atoms with van der Waals surface area (Å²) < 4.78 is 9.82. The van der Waals surface area contributed by atoms with Gasteiger partial charge in [-0.1, -0.05) is 19.9 Å². The van der Waals surface area contributed by atoms with Gasteiger partial charge in [-0.15, -0.1) is 0 Å². The van der Waals surface area contributed by atoms with Crippen molar-refractivity contribution in [3.05, 3.63) is 54.1 Å². The molecule has 2 heterocycles. The molecule has 0 fully saturated rings. The van der Waals surface area contributed by atoms with Crippen LogP contribution in [0, 0.1) is 0 Å². The zero-order valence-electron chi connectivity index (χ0n) is 14.0. The highest BCUT2D eigenvalue weighted by Gasteiger charge is 2.17. The maximum absolute atomic E-state index is 9.23. The van der Waals surface area contributed by atoms with Crippen molar-refractivity contribution >= 4 is 0 Å². The van der Waals surface area contributed by atoms with Crippen LogP contribution in [-0.4, -0.2) is 31.3 Å². The Hall–Kier alpha value is -2.60. The first kappa shape index (κ1) is 16.3. The number of aliphatic hydroxyl groups is 1. The van der Waals surface area contributed by atoms with Crippen LogP contribution in [-0.2, 0) is 19.4 Å². The lowest BCUT2D eigenvalue weighted by Gasteiger charge is -2.10. The van der Waals surface area contributed by atoms with E-state index in [1.165, 1.54) is 0 Å². The van der Waals surface area contributed by atoms with Gasteiger partial charge in [0.15, 0.2) is 5.75 Å². The second-order valence-corrected chi connectivity index (χ2v) is 5.43. The molecule has 0 unspecified atom stereocenters. The fourth-order valence-corrected chi connectivity index (χ4v) is 2.74. The van der Waals surface area contributed by atoms with Crippen LogP contribution in [0.4, 0.5) is 0 Å². The van der Waals surface area contributed by atoms with Gasteiger partial charge in [-0.05, 0) is 31.0 Å². The van der Waals surface area contributed by atoms with Crippen molar-refractivity contribution in [3.8, 4) is 17.2 Å². The van der Waals surface area contributed by atoms with E-state index in [2.05, 4.69) is 24.0 Å². The lowest BCUT2D eigenvalue weighted by atomic mass is 10.2. The summed E-state index contributed by atoms with van der Waals surface area (Å²) in [5, 5.41) is 18.1. The fourth-order valence-electron chi connectivity index (χ4n) is 2.74. The number of hydrogen-bond acceptors (Lipinski definition) is 4. The van der Waals surface area contributed by atoms with Gasteiger partial charge in [0, 0.05) is 18.5 Å². The Morgan fingerprint density at radius 1 is 1.17 bits per heavy atom. The largest absolute Gasteiger partial charge is 0.453 e. The van der Waals surface area contributed by atoms with Gasteiger partial charge in [0.05, 0.1) is 24.5 Å². The molecule has 3 rings (SSSR count). The summed E-state index contributed by atoms with van der Waals surface area (Å²) >= 11 is 0. The predicted molar refractivity (Wildman–Crippen MR) is 91.7 cm³/mol. The number of nitrogens with zero attached hydrogens (tertiary/aromatic N) is 4. The molecule has 0 radical (unpaired) electrons. The monoisotopic (exact) mass is 326 g/mol. The number of hydrogen-bond donors (Lipinski definition) is 1. The normalized spacial score (nSPS) is 11.0. The van der Waals surface area contributed by atoms with Gasteiger partial charge in [-0.2, -0.15) is 10.2 Å². The first-order chi connectivity index (χ1) is 11.8. The third-order valence-corrected chi connectivity index (χ3v) is 3.87. The van der Waals surface area contributed by atoms with Crippen molar-refractivity contribution in [1.29, 1.82) is 0 Å². The highest BCUT2D eigenvalue weighted by atomic mass is 16.5. The quantitative estimate of drug-likeness (QED) is 0.725. The number of aliphatic hydroxyl groups excluding tert-OH is 1. The third kappa shape index (κ3) is 3.19. The lowest BCUT2D eigenvalue weighted by Crippen LogP contribution is -2.08. The Morgan fingerprint density at radius 3 is 2.71 bits per heavy atom. The minimum atomic E-state index is 0.0616. The number of aryl methyl sites for hydroxylation is 1. The zero-order chi connectivity index (χ0) is 16.9. The SMILES string of the molecule is CCc1nn(CCO)c(CC)c1Oc1cccc(-n2cccn2)c1. The van der Waals surface area contributed by atoms with Gasteiger partial charge in [-0.3, -0.25) is 4.68 Å². The summed E-state index contributed by atoms with van der Waals surface area (Å²) in [7, 11) is 0. The second-order valence-electron chi connectivity index (χ2n) is 5.43. The summed E-state index contributed by atoms with van der Waals surface area (Å²) in [6, 6.07) is 9.69. The first-order valence-corrected chi connectivity index (χ1v) is 8.24. The molecule has 0 aliphatic rings. The minimum absolute atomic E-state index is 0.0616. The minimum Gasteiger partial charge on any atom is -0.453 e. The number of aromatic nitrogens is 4. The van der Waals surface area contributed by atoms with Crippen molar-refractivity contribution in [2.24, 2.45) is 0 Å². The summed E-state index contributed by atoms with van der Waals surface area (Å²) in [5.74, 6) is 1.54. The zero-order valence-corrected chi connectivity index (χ0v) is 14.0. The van der Waals surface area contributed by atoms with E-state index in [1.54, 1.807) is 10.9 Å². The summed E-state index contributed by atoms with van der Waals surface area (Å²) in [4.78, 5) is 0. The van der Waals surface area contributed by atoms with Crippen LogP contribution >= 0.6 is 0 Å². The van der Waals surface area contributed by atoms with Gasteiger partial charge in [-0.25, -0.2) is 4.68 Å². The Balaban J connectivity index is 1.95. The predicted octanol–water partition coefficient (Wildman–Crippen LogP) is 2.98. The number of rotatable bonds is 7. The molecule has 0 spiro atoms. The van der Waals surface area contributed by atoms with Gasteiger partial charge in [0.2, 0.25) is 0 Å². The van der Waals surface area contributed by atoms with Crippen LogP contribution < -0.4 is 4.74 Å². The second kappa shape index (κ2) is 7.31. The van der Waals surface area contributed by atoms with Gasteiger partial charge >= 0.3 is 0 Å². The van der Waals surface area contributed by atoms with Crippen molar-refractivity contribution in [3.63, 3.8) is 0 Å². The molecule has 0 bridgehead atoms. The smallest absolute Gasteiger partial charge is 0.171 e. The molecule has 6 heteroatoms. The van der Waals surface area contributed by atoms with Crippen LogP contribution in [0.1, 0.15) is 25.2 Å². The molecule has 0 aliphatic carbocycles. The lowest BCUT2D eigenvalue weighted by molar-refractivity contribution is 0.267. The number of benzene rings is 1. The number of ether oxygens (including phenoxy) is 1. The Morgan fingerprint density at radius 2 is 2.04 bits per heavy atom. The molecule has 0 atom stereocenters. The standard InChI is InChI=1S/C18H22N4O2/c1-3-16-18(17(4-2)22(20-16)11-12-23)24-15-8-5-7-14(13-15)21-10-6-9-19-21/h5-10,13,23H,3-4,11-12H2,1-2H3. The van der Waals surface area contributed by atoms with E-state index in [-0.39, 0.29) is 6.61 Å². The molecular weight excluding hydrogens is 304 g/mol. The summed E-state index contributed by atoms with van der Waals surface area (Å²) in [5.41, 5.74) is 2.85. The Bertz CT molecular complexity index is 793. The first-order valence-electron chi connectivity index (χ1n) is 8.24. The molecule has 0 saturated heterocycles. The third-order valence-electron chi connectivity index (χ3n) is 3.87. The maximum Gasteiger partial charge on any atom is 0.171 e. The van der Waals surface area contributed by atoms with Gasteiger partial charge < -0.3 is 9.84 Å². The maximum atomic E-state index is 9.23. The van der Waals surface area contributed by atoms with E-state index in [1.807, 2.05) is 41.2 Å². The highest BCUT2D eigenvalue weighted by molar-refractivity contribution is 5.43. The molecule has 0 amide bonds. The molecular formula is C18H22N4O2. The van der Waals surface area contributed by atoms with E-state index in [0.29, 0.717) is 6.54 Å². The van der Waals surface area contributed by atoms with E-state index in [9.17, 15) is 5.11 Å². The molecule has 2 aromatic heterocycles. The molecule has 0 saturated carbocycles. The van der Waals surface area contributed by atoms with Crippen LogP contribution in [0.15, 0.2) is 42.7 Å². The topological polar surface area (TPSA) is 65.1 Å². The molecule has 0 aliphatic heterocycles. The molecule has 1 aromatic carbocycles. The van der Waals surface area contributed by atoms with Gasteiger partial charge in [0.1, 0.15) is 11.4 Å². The van der Waals surface area contributed by atoms with E-state index >= 15 is 0 Å². The fraction of sp³-hybridized carbons (Fsp3) is 0.333. The van der Waals surface area contributed by atoms with Crippen LogP contribution in [0.2, 0.25) is 0 Å². The van der Waals surface area contributed by atoms with Crippen LogP contribution in [0.5, 0.6) is 11.5 Å². The van der Waals surface area contributed by atoms with Crippen LogP contribution in [0.25, 0.3) is 5.69 Å².